The summed E-state index contributed by atoms with van der Waals surface area (Å²) in [6.45, 7) is 8.06. The van der Waals surface area contributed by atoms with Crippen molar-refractivity contribution in [2.75, 3.05) is 14.2 Å². The minimum Gasteiger partial charge on any atom is -0.495 e. The van der Waals surface area contributed by atoms with Gasteiger partial charge in [0.05, 0.1) is 23.9 Å². The summed E-state index contributed by atoms with van der Waals surface area (Å²) in [6.07, 6.45) is 1.67. The Kier molecular flexibility index (Phi) is 15.7. The molecule has 2 heterocycles. The average Bonchev–Trinajstić information content (AvgIpc) is 3.47. The SMILES string of the molecule is CC.CO.COc1ccc(-c2ccc(OCc3cc(C(=O)NS(=O)c4ccccc4)oc3C)cc2)nc1.Cc1ccccc1. The van der Waals surface area contributed by atoms with Crippen LogP contribution in [0.2, 0.25) is 0 Å². The number of aliphatic hydroxyl groups is 1. The van der Waals surface area contributed by atoms with Gasteiger partial charge in [-0.1, -0.05) is 67.9 Å². The van der Waals surface area contributed by atoms with E-state index in [1.54, 1.807) is 50.6 Å². The maximum atomic E-state index is 12.4. The van der Waals surface area contributed by atoms with Crippen molar-refractivity contribution in [2.24, 2.45) is 0 Å². The van der Waals surface area contributed by atoms with E-state index in [1.807, 2.05) is 74.5 Å². The fourth-order valence-corrected chi connectivity index (χ4v) is 4.39. The number of furan rings is 1. The second kappa shape index (κ2) is 19.5. The number of rotatable bonds is 8. The molecule has 0 bridgehead atoms. The zero-order chi connectivity index (χ0) is 32.3. The summed E-state index contributed by atoms with van der Waals surface area (Å²) in [6, 6.07) is 31.8. The van der Waals surface area contributed by atoms with Gasteiger partial charge in [0, 0.05) is 18.2 Å². The van der Waals surface area contributed by atoms with Crippen LogP contribution in [0.15, 0.2) is 119 Å². The van der Waals surface area contributed by atoms with Crippen LogP contribution in [0.5, 0.6) is 11.5 Å². The second-order valence-electron chi connectivity index (χ2n) is 8.76. The lowest BCUT2D eigenvalue weighted by atomic mass is 10.1. The first-order valence-corrected chi connectivity index (χ1v) is 15.1. The van der Waals surface area contributed by atoms with Gasteiger partial charge in [-0.3, -0.25) is 14.5 Å². The summed E-state index contributed by atoms with van der Waals surface area (Å²) in [4.78, 5) is 17.3. The van der Waals surface area contributed by atoms with E-state index >= 15 is 0 Å². The molecule has 0 saturated carbocycles. The fourth-order valence-electron chi connectivity index (χ4n) is 3.60. The monoisotopic (exact) mass is 616 g/mol. The Balaban J connectivity index is 0.000000526. The van der Waals surface area contributed by atoms with Crippen LogP contribution in [0.3, 0.4) is 0 Å². The Labute approximate surface area is 262 Å². The van der Waals surface area contributed by atoms with Crippen LogP contribution >= 0.6 is 0 Å². The first-order valence-electron chi connectivity index (χ1n) is 14.0. The molecule has 5 rings (SSSR count). The number of amides is 1. The predicted molar refractivity (Wildman–Crippen MR) is 175 cm³/mol. The maximum Gasteiger partial charge on any atom is 0.298 e. The first-order chi connectivity index (χ1) is 21.4. The van der Waals surface area contributed by atoms with Crippen LogP contribution < -0.4 is 14.2 Å². The topological polar surface area (TPSA) is 111 Å². The lowest BCUT2D eigenvalue weighted by molar-refractivity contribution is 0.0954. The number of aryl methyl sites for hydroxylation is 2. The molecular formula is C35H40N2O6S. The molecule has 1 unspecified atom stereocenters. The van der Waals surface area contributed by atoms with Gasteiger partial charge in [0.25, 0.3) is 5.91 Å². The minimum atomic E-state index is -1.67. The van der Waals surface area contributed by atoms with Crippen LogP contribution in [0.4, 0.5) is 0 Å². The van der Waals surface area contributed by atoms with Crippen molar-refractivity contribution in [3.8, 4) is 22.8 Å². The first kappa shape index (κ1) is 35.5. The molecule has 0 spiro atoms. The number of pyridine rings is 1. The molecule has 0 fully saturated rings. The Morgan fingerprint density at radius 3 is 1.98 bits per heavy atom. The predicted octanol–water partition coefficient (Wildman–Crippen LogP) is 7.32. The molecule has 2 aromatic heterocycles. The van der Waals surface area contributed by atoms with E-state index < -0.39 is 16.9 Å². The highest BCUT2D eigenvalue weighted by atomic mass is 32.2. The van der Waals surface area contributed by atoms with Gasteiger partial charge in [0.1, 0.15) is 23.9 Å². The van der Waals surface area contributed by atoms with E-state index in [4.69, 9.17) is 19.0 Å². The summed E-state index contributed by atoms with van der Waals surface area (Å²) in [7, 11) is 0.935. The molecule has 1 atom stereocenters. The highest BCUT2D eigenvalue weighted by molar-refractivity contribution is 7.83. The third-order valence-electron chi connectivity index (χ3n) is 5.84. The number of nitrogens with one attached hydrogen (secondary N) is 1. The molecule has 44 heavy (non-hydrogen) atoms. The van der Waals surface area contributed by atoms with Gasteiger partial charge in [-0.2, -0.15) is 0 Å². The van der Waals surface area contributed by atoms with E-state index in [0.717, 1.165) is 23.9 Å². The molecule has 5 aromatic rings. The number of aromatic nitrogens is 1. The molecule has 2 N–H and O–H groups in total. The molecule has 9 heteroatoms. The van der Waals surface area contributed by atoms with Crippen molar-refractivity contribution >= 4 is 16.9 Å². The van der Waals surface area contributed by atoms with Gasteiger partial charge in [0.2, 0.25) is 0 Å². The third-order valence-corrected chi connectivity index (χ3v) is 6.92. The molecule has 0 saturated heterocycles. The van der Waals surface area contributed by atoms with Gasteiger partial charge in [-0.25, -0.2) is 4.21 Å². The number of carbonyl (C=O) groups excluding carboxylic acids is 1. The average molecular weight is 617 g/mol. The molecule has 0 aliphatic carbocycles. The van der Waals surface area contributed by atoms with Crippen LogP contribution in [0, 0.1) is 13.8 Å². The summed E-state index contributed by atoms with van der Waals surface area (Å²) in [5.74, 6) is 1.46. The lowest BCUT2D eigenvalue weighted by Crippen LogP contribution is -2.25. The van der Waals surface area contributed by atoms with Crippen molar-refractivity contribution in [3.63, 3.8) is 0 Å². The molecule has 1 amide bonds. The van der Waals surface area contributed by atoms with E-state index in [-0.39, 0.29) is 12.4 Å². The summed E-state index contributed by atoms with van der Waals surface area (Å²) < 4.78 is 31.3. The second-order valence-corrected chi connectivity index (χ2v) is 9.97. The van der Waals surface area contributed by atoms with Crippen LogP contribution in [0.25, 0.3) is 11.3 Å². The highest BCUT2D eigenvalue weighted by Crippen LogP contribution is 2.24. The maximum absolute atomic E-state index is 12.4. The van der Waals surface area contributed by atoms with Crippen molar-refractivity contribution in [1.29, 1.82) is 0 Å². The Morgan fingerprint density at radius 2 is 1.45 bits per heavy atom. The Bertz CT molecular complexity index is 1540. The summed E-state index contributed by atoms with van der Waals surface area (Å²) in [5, 5.41) is 7.00. The minimum absolute atomic E-state index is 0.0799. The van der Waals surface area contributed by atoms with E-state index in [2.05, 4.69) is 28.8 Å². The number of carbonyl (C=O) groups is 1. The van der Waals surface area contributed by atoms with Crippen molar-refractivity contribution in [2.45, 2.75) is 39.2 Å². The Hall–Kier alpha value is -4.73. The van der Waals surface area contributed by atoms with Gasteiger partial charge in [-0.15, -0.1) is 0 Å². The summed E-state index contributed by atoms with van der Waals surface area (Å²) >= 11 is 0. The molecule has 232 valence electrons. The normalized spacial score (nSPS) is 10.3. The highest BCUT2D eigenvalue weighted by Gasteiger charge is 2.17. The Morgan fingerprint density at radius 1 is 0.864 bits per heavy atom. The fraction of sp³-hybridized carbons (Fsp3) is 0.200. The molecular weight excluding hydrogens is 576 g/mol. The van der Waals surface area contributed by atoms with Gasteiger partial charge in [0.15, 0.2) is 16.7 Å². The number of ether oxygens (including phenoxy) is 2. The van der Waals surface area contributed by atoms with Gasteiger partial charge in [-0.05, 0) is 68.4 Å². The molecule has 0 aliphatic rings. The lowest BCUT2D eigenvalue weighted by Gasteiger charge is -2.07. The van der Waals surface area contributed by atoms with Crippen LogP contribution in [-0.4, -0.2) is 34.4 Å². The smallest absolute Gasteiger partial charge is 0.298 e. The van der Waals surface area contributed by atoms with Gasteiger partial charge >= 0.3 is 0 Å². The molecule has 0 radical (unpaired) electrons. The quantitative estimate of drug-likeness (QED) is 0.188. The van der Waals surface area contributed by atoms with Crippen LogP contribution in [-0.2, 0) is 17.6 Å². The number of methoxy groups -OCH3 is 1. The summed E-state index contributed by atoms with van der Waals surface area (Å²) in [5.41, 5.74) is 3.83. The molecule has 8 nitrogen and oxygen atoms in total. The van der Waals surface area contributed by atoms with E-state index in [1.165, 1.54) is 5.56 Å². The third kappa shape index (κ3) is 11.2. The zero-order valence-electron chi connectivity index (χ0n) is 25.9. The number of aliphatic hydroxyl groups excluding tert-OH is 1. The van der Waals surface area contributed by atoms with Crippen molar-refractivity contribution < 1.29 is 28.0 Å². The molecule has 0 aliphatic heterocycles. The van der Waals surface area contributed by atoms with E-state index in [0.29, 0.717) is 22.2 Å². The van der Waals surface area contributed by atoms with Crippen LogP contribution in [0.1, 0.15) is 41.3 Å². The van der Waals surface area contributed by atoms with E-state index in [9.17, 15) is 9.00 Å². The van der Waals surface area contributed by atoms with Gasteiger partial charge < -0.3 is 19.0 Å². The zero-order valence-corrected chi connectivity index (χ0v) is 26.8. The van der Waals surface area contributed by atoms with Crippen molar-refractivity contribution in [3.05, 3.63) is 132 Å². The number of hydrogen-bond donors (Lipinski definition) is 2. The number of hydrogen-bond acceptors (Lipinski definition) is 7. The number of benzene rings is 3. The number of nitrogens with zero attached hydrogens (tertiary/aromatic N) is 1. The molecule has 3 aromatic carbocycles. The largest absolute Gasteiger partial charge is 0.495 e. The van der Waals surface area contributed by atoms with Crippen molar-refractivity contribution in [1.82, 2.24) is 9.71 Å². The standard InChI is InChI=1S/C25H22N2O5S.C7H8.C2H6.CH4O/c1-17-19(14-24(32-17)25(28)27-33(29)22-6-4-3-5-7-22)16-31-20-10-8-18(9-11-20)23-13-12-21(30-2)15-26-23;1-7-5-3-2-4-6-7;2*1-2/h3-15H,16H2,1-2H3,(H,27,28);2-6H,1H3;1-2H3;2H,1H3.